The first-order valence-corrected chi connectivity index (χ1v) is 3.68. The first-order valence-electron chi connectivity index (χ1n) is 3.68. The van der Waals surface area contributed by atoms with Gasteiger partial charge in [0.05, 0.1) is 13.2 Å². The van der Waals surface area contributed by atoms with Crippen molar-refractivity contribution < 1.29 is 25.2 Å². The molecule has 6 heteroatoms. The monoisotopic (exact) mass is 177 g/mol. The fourth-order valence-electron chi connectivity index (χ4n) is 1.54. The Hall–Kier alpha value is -0.240. The third-order valence-corrected chi connectivity index (χ3v) is 2.46. The quantitative estimate of drug-likeness (QED) is 0.268. The molecule has 70 valence electrons. The third-order valence-electron chi connectivity index (χ3n) is 2.46. The normalized spacial score (nSPS) is 58.0. The molecule has 4 atom stereocenters. The van der Waals surface area contributed by atoms with Crippen molar-refractivity contribution in [3.63, 3.8) is 0 Å². The second-order valence-electron chi connectivity index (χ2n) is 3.20. The van der Waals surface area contributed by atoms with Crippen LogP contribution in [0.3, 0.4) is 0 Å². The summed E-state index contributed by atoms with van der Waals surface area (Å²) in [6.45, 7) is -0.537. The predicted octanol–water partition coefficient (Wildman–Crippen LogP) is -3.28. The van der Waals surface area contributed by atoms with Crippen LogP contribution in [-0.4, -0.2) is 57.3 Å². The van der Waals surface area contributed by atoms with Gasteiger partial charge in [0.2, 0.25) is 0 Å². The Morgan fingerprint density at radius 1 is 1.50 bits per heavy atom. The van der Waals surface area contributed by atoms with E-state index in [1.54, 1.807) is 0 Å². The van der Waals surface area contributed by atoms with Crippen LogP contribution in [0.25, 0.3) is 0 Å². The molecule has 0 aromatic carbocycles. The number of nitrogens with one attached hydrogen (secondary N) is 1. The highest BCUT2D eigenvalue weighted by molar-refractivity contribution is 5.21. The van der Waals surface area contributed by atoms with E-state index in [1.165, 1.54) is 0 Å². The number of fused-ring (bicyclic) bond motifs is 1. The molecule has 0 aromatic heterocycles. The molecule has 0 spiro atoms. The number of ether oxygens (including phenoxy) is 1. The van der Waals surface area contributed by atoms with Crippen molar-refractivity contribution in [3.05, 3.63) is 0 Å². The van der Waals surface area contributed by atoms with Crippen LogP contribution in [-0.2, 0) is 4.74 Å². The van der Waals surface area contributed by atoms with Crippen molar-refractivity contribution in [2.45, 2.75) is 23.7 Å². The van der Waals surface area contributed by atoms with Gasteiger partial charge < -0.3 is 25.2 Å². The molecule has 2 aliphatic heterocycles. The Labute approximate surface area is 68.4 Å². The molecule has 0 aliphatic carbocycles. The smallest absolute Gasteiger partial charge is 0.193 e. The molecule has 0 unspecified atom stereocenters. The van der Waals surface area contributed by atoms with Gasteiger partial charge in [0, 0.05) is 0 Å². The Morgan fingerprint density at radius 3 is 2.75 bits per heavy atom. The van der Waals surface area contributed by atoms with Gasteiger partial charge in [0.25, 0.3) is 0 Å². The van der Waals surface area contributed by atoms with Crippen molar-refractivity contribution >= 4 is 0 Å². The summed E-state index contributed by atoms with van der Waals surface area (Å²) in [4.78, 5) is 0. The van der Waals surface area contributed by atoms with Gasteiger partial charge in [-0.15, -0.1) is 0 Å². The van der Waals surface area contributed by atoms with Crippen molar-refractivity contribution in [2.75, 3.05) is 13.2 Å². The molecule has 2 fully saturated rings. The summed E-state index contributed by atoms with van der Waals surface area (Å²) in [7, 11) is 0. The standard InChI is InChI=1S/C6H11NO5/c8-2-5-6(11,7-5)4(10)3(9)1-12-5/h3-4,7-11H,1-2H2/t3-,4-,5+,6+/m1/s1. The van der Waals surface area contributed by atoms with E-state index in [9.17, 15) is 10.2 Å². The van der Waals surface area contributed by atoms with E-state index in [0.29, 0.717) is 0 Å². The van der Waals surface area contributed by atoms with E-state index in [2.05, 4.69) is 5.32 Å². The van der Waals surface area contributed by atoms with Crippen LogP contribution in [0.2, 0.25) is 0 Å². The lowest BCUT2D eigenvalue weighted by atomic mass is 10.0. The van der Waals surface area contributed by atoms with E-state index in [-0.39, 0.29) is 6.61 Å². The van der Waals surface area contributed by atoms with Crippen LogP contribution in [0, 0.1) is 0 Å². The summed E-state index contributed by atoms with van der Waals surface area (Å²) in [5.74, 6) is 0. The molecule has 2 saturated heterocycles. The van der Waals surface area contributed by atoms with Crippen LogP contribution >= 0.6 is 0 Å². The zero-order valence-corrected chi connectivity index (χ0v) is 6.27. The van der Waals surface area contributed by atoms with Crippen molar-refractivity contribution in [1.29, 1.82) is 0 Å². The average molecular weight is 177 g/mol. The van der Waals surface area contributed by atoms with Gasteiger partial charge in [-0.2, -0.15) is 0 Å². The molecule has 2 rings (SSSR count). The lowest BCUT2D eigenvalue weighted by Crippen LogP contribution is -2.54. The average Bonchev–Trinajstić information content (AvgIpc) is 2.68. The van der Waals surface area contributed by atoms with Gasteiger partial charge in [-0.3, -0.25) is 0 Å². The Balaban J connectivity index is 2.20. The molecular weight excluding hydrogens is 166 g/mol. The molecule has 12 heavy (non-hydrogen) atoms. The SMILES string of the molecule is OC[C@@]12N[C@]1(O)[C@H](O)[C@H](O)CO2. The van der Waals surface area contributed by atoms with Gasteiger partial charge >= 0.3 is 0 Å². The summed E-state index contributed by atoms with van der Waals surface area (Å²) in [5.41, 5.74) is -2.97. The molecular formula is C6H11NO5. The molecule has 2 aliphatic rings. The first-order chi connectivity index (χ1) is 5.56. The van der Waals surface area contributed by atoms with Gasteiger partial charge in [-0.1, -0.05) is 0 Å². The summed E-state index contributed by atoms with van der Waals surface area (Å²) < 4.78 is 4.95. The fraction of sp³-hybridized carbons (Fsp3) is 1.00. The van der Waals surface area contributed by atoms with E-state index < -0.39 is 30.3 Å². The summed E-state index contributed by atoms with van der Waals surface area (Å²) in [6, 6.07) is 0. The summed E-state index contributed by atoms with van der Waals surface area (Å²) in [6.07, 6.45) is -2.44. The number of rotatable bonds is 1. The number of aliphatic hydroxyl groups is 4. The zero-order chi connectivity index (χ0) is 8.98. The van der Waals surface area contributed by atoms with Gasteiger partial charge in [-0.25, -0.2) is 5.32 Å². The lowest BCUT2D eigenvalue weighted by Gasteiger charge is -2.30. The predicted molar refractivity (Wildman–Crippen MR) is 35.9 cm³/mol. The van der Waals surface area contributed by atoms with Crippen LogP contribution in [0.4, 0.5) is 0 Å². The molecule has 0 radical (unpaired) electrons. The minimum atomic E-state index is -1.70. The Morgan fingerprint density at radius 2 is 2.17 bits per heavy atom. The first kappa shape index (κ1) is 8.36. The molecule has 0 bridgehead atoms. The van der Waals surface area contributed by atoms with Gasteiger partial charge in [0.1, 0.15) is 12.2 Å². The molecule has 0 saturated carbocycles. The molecule has 0 amide bonds. The minimum Gasteiger partial charge on any atom is -0.392 e. The second-order valence-corrected chi connectivity index (χ2v) is 3.20. The van der Waals surface area contributed by atoms with Crippen molar-refractivity contribution in [3.8, 4) is 0 Å². The molecule has 2 heterocycles. The van der Waals surface area contributed by atoms with Gasteiger partial charge in [0.15, 0.2) is 11.4 Å². The summed E-state index contributed by atoms with van der Waals surface area (Å²) in [5, 5.41) is 39.2. The van der Waals surface area contributed by atoms with Crippen molar-refractivity contribution in [2.24, 2.45) is 0 Å². The summed E-state index contributed by atoms with van der Waals surface area (Å²) >= 11 is 0. The highest BCUT2D eigenvalue weighted by Crippen LogP contribution is 2.44. The topological polar surface area (TPSA) is 112 Å². The minimum absolute atomic E-state index is 0.100. The van der Waals surface area contributed by atoms with Crippen molar-refractivity contribution in [1.82, 2.24) is 5.32 Å². The van der Waals surface area contributed by atoms with Crippen LogP contribution in [0.1, 0.15) is 0 Å². The molecule has 6 nitrogen and oxygen atoms in total. The van der Waals surface area contributed by atoms with Crippen LogP contribution in [0.15, 0.2) is 0 Å². The number of hydrogen-bond donors (Lipinski definition) is 5. The largest absolute Gasteiger partial charge is 0.392 e. The highest BCUT2D eigenvalue weighted by atomic mass is 16.6. The molecule has 0 aromatic rings. The van der Waals surface area contributed by atoms with Crippen LogP contribution < -0.4 is 5.32 Å². The van der Waals surface area contributed by atoms with E-state index in [4.69, 9.17) is 14.9 Å². The lowest BCUT2D eigenvalue weighted by molar-refractivity contribution is -0.195. The van der Waals surface area contributed by atoms with Gasteiger partial charge in [-0.05, 0) is 0 Å². The Bertz CT molecular complexity index is 208. The highest BCUT2D eigenvalue weighted by Gasteiger charge is 2.75. The Kier molecular flexibility index (Phi) is 1.51. The second kappa shape index (κ2) is 2.16. The number of hydrogen-bond acceptors (Lipinski definition) is 6. The zero-order valence-electron chi connectivity index (χ0n) is 6.27. The maximum atomic E-state index is 9.53. The van der Waals surface area contributed by atoms with E-state index in [1.807, 2.05) is 0 Å². The fourth-order valence-corrected chi connectivity index (χ4v) is 1.54. The van der Waals surface area contributed by atoms with E-state index >= 15 is 0 Å². The maximum absolute atomic E-state index is 9.53. The van der Waals surface area contributed by atoms with E-state index in [0.717, 1.165) is 0 Å². The maximum Gasteiger partial charge on any atom is 0.193 e. The van der Waals surface area contributed by atoms with Crippen LogP contribution in [0.5, 0.6) is 0 Å². The molecule has 5 N–H and O–H groups in total. The third kappa shape index (κ3) is 0.743. The number of aliphatic hydroxyl groups excluding tert-OH is 3.